The van der Waals surface area contributed by atoms with Crippen LogP contribution in [0, 0.1) is 0 Å². The van der Waals surface area contributed by atoms with Gasteiger partial charge in [-0.3, -0.25) is 9.59 Å². The highest BCUT2D eigenvalue weighted by atomic mass is 35.5. The molecule has 0 aliphatic carbocycles. The maximum absolute atomic E-state index is 12.9. The van der Waals surface area contributed by atoms with Gasteiger partial charge in [-0.2, -0.15) is 13.2 Å². The van der Waals surface area contributed by atoms with Crippen LogP contribution in [-0.4, -0.2) is 61.5 Å². The van der Waals surface area contributed by atoms with Crippen LogP contribution < -0.4 is 0 Å². The Balaban J connectivity index is 1.97. The van der Waals surface area contributed by atoms with Crippen LogP contribution in [0.5, 0.6) is 0 Å². The molecule has 0 spiro atoms. The van der Waals surface area contributed by atoms with E-state index in [1.807, 2.05) is 0 Å². The molecule has 0 bridgehead atoms. The van der Waals surface area contributed by atoms with Gasteiger partial charge in [0.1, 0.15) is 6.61 Å². The van der Waals surface area contributed by atoms with Crippen LogP contribution >= 0.6 is 11.6 Å². The second kappa shape index (κ2) is 8.55. The summed E-state index contributed by atoms with van der Waals surface area (Å²) >= 11 is 5.57. The predicted molar refractivity (Wildman–Crippen MR) is 90.5 cm³/mol. The molecule has 0 N–H and O–H groups in total. The van der Waals surface area contributed by atoms with Crippen molar-refractivity contribution in [2.45, 2.75) is 6.18 Å². The Labute approximate surface area is 154 Å². The SMILES string of the molecule is COCC(=O)N1CCN(C(=O)/C=C/c2ccc(Cl)c(C(F)(F)F)c2)CC1. The molecule has 0 atom stereocenters. The van der Waals surface area contributed by atoms with Crippen molar-refractivity contribution < 1.29 is 27.5 Å². The maximum atomic E-state index is 12.9. The summed E-state index contributed by atoms with van der Waals surface area (Å²) in [5, 5.41) is -0.391. The Morgan fingerprint density at radius 1 is 1.19 bits per heavy atom. The minimum absolute atomic E-state index is 0.00798. The van der Waals surface area contributed by atoms with E-state index in [2.05, 4.69) is 0 Å². The third kappa shape index (κ3) is 5.22. The lowest BCUT2D eigenvalue weighted by molar-refractivity contribution is -0.140. The summed E-state index contributed by atoms with van der Waals surface area (Å²) in [5.41, 5.74) is -0.719. The fourth-order valence-electron chi connectivity index (χ4n) is 2.53. The standard InChI is InChI=1S/C17H18ClF3N2O3/c1-26-11-16(25)23-8-6-22(7-9-23)15(24)5-3-12-2-4-14(18)13(10-12)17(19,20)21/h2-5,10H,6-9,11H2,1H3/b5-3+. The number of ether oxygens (including phenoxy) is 1. The van der Waals surface area contributed by atoms with Crippen molar-refractivity contribution in [3.8, 4) is 0 Å². The maximum Gasteiger partial charge on any atom is 0.417 e. The topological polar surface area (TPSA) is 49.9 Å². The molecule has 9 heteroatoms. The van der Waals surface area contributed by atoms with E-state index in [1.165, 1.54) is 30.2 Å². The average molecular weight is 391 g/mol. The largest absolute Gasteiger partial charge is 0.417 e. The van der Waals surface area contributed by atoms with E-state index in [0.717, 1.165) is 12.1 Å². The van der Waals surface area contributed by atoms with Gasteiger partial charge >= 0.3 is 6.18 Å². The van der Waals surface area contributed by atoms with Gasteiger partial charge in [-0.15, -0.1) is 0 Å². The van der Waals surface area contributed by atoms with E-state index in [-0.39, 0.29) is 24.0 Å². The van der Waals surface area contributed by atoms with Gasteiger partial charge in [0.15, 0.2) is 0 Å². The Kier molecular flexibility index (Phi) is 6.66. The van der Waals surface area contributed by atoms with E-state index in [1.54, 1.807) is 4.90 Å². The minimum Gasteiger partial charge on any atom is -0.375 e. The first-order valence-electron chi connectivity index (χ1n) is 7.83. The summed E-state index contributed by atoms with van der Waals surface area (Å²) in [4.78, 5) is 27.0. The van der Waals surface area contributed by atoms with Crippen molar-refractivity contribution in [3.05, 3.63) is 40.4 Å². The molecule has 0 saturated carbocycles. The van der Waals surface area contributed by atoms with Gasteiger partial charge < -0.3 is 14.5 Å². The van der Waals surface area contributed by atoms with E-state index >= 15 is 0 Å². The van der Waals surface area contributed by atoms with Crippen molar-refractivity contribution in [2.24, 2.45) is 0 Å². The summed E-state index contributed by atoms with van der Waals surface area (Å²) in [6, 6.07) is 3.45. The monoisotopic (exact) mass is 390 g/mol. The average Bonchev–Trinajstić information content (AvgIpc) is 2.60. The number of methoxy groups -OCH3 is 1. The summed E-state index contributed by atoms with van der Waals surface area (Å²) in [6.45, 7) is 1.48. The van der Waals surface area contributed by atoms with E-state index in [9.17, 15) is 22.8 Å². The second-order valence-corrected chi connectivity index (χ2v) is 6.12. The first kappa shape index (κ1) is 20.3. The molecule has 1 aliphatic rings. The number of hydrogen-bond donors (Lipinski definition) is 0. The van der Waals surface area contributed by atoms with Gasteiger partial charge in [0.2, 0.25) is 11.8 Å². The summed E-state index contributed by atoms with van der Waals surface area (Å²) in [5.74, 6) is -0.469. The number of nitrogens with zero attached hydrogens (tertiary/aromatic N) is 2. The zero-order chi connectivity index (χ0) is 19.3. The zero-order valence-electron chi connectivity index (χ0n) is 14.1. The molecule has 2 amide bonds. The van der Waals surface area contributed by atoms with Gasteiger partial charge in [0.25, 0.3) is 0 Å². The molecule has 1 saturated heterocycles. The Morgan fingerprint density at radius 3 is 2.38 bits per heavy atom. The molecule has 0 unspecified atom stereocenters. The lowest BCUT2D eigenvalue weighted by Crippen LogP contribution is -2.51. The number of piperazine rings is 1. The smallest absolute Gasteiger partial charge is 0.375 e. The highest BCUT2D eigenvalue weighted by Gasteiger charge is 2.33. The molecule has 1 aromatic rings. The quantitative estimate of drug-likeness (QED) is 0.743. The number of carbonyl (C=O) groups is 2. The summed E-state index contributed by atoms with van der Waals surface area (Å²) < 4.78 is 43.3. The van der Waals surface area contributed by atoms with Crippen LogP contribution in [-0.2, 0) is 20.5 Å². The van der Waals surface area contributed by atoms with Crippen LogP contribution in [0.15, 0.2) is 24.3 Å². The number of carbonyl (C=O) groups excluding carboxylic acids is 2. The molecule has 1 aromatic carbocycles. The van der Waals surface area contributed by atoms with Crippen LogP contribution in [0.2, 0.25) is 5.02 Å². The fourth-order valence-corrected chi connectivity index (χ4v) is 2.75. The first-order chi connectivity index (χ1) is 12.2. The van der Waals surface area contributed by atoms with Gasteiger partial charge in [0.05, 0.1) is 10.6 Å². The van der Waals surface area contributed by atoms with E-state index in [4.69, 9.17) is 16.3 Å². The second-order valence-electron chi connectivity index (χ2n) is 5.71. The molecule has 1 aliphatic heterocycles. The van der Waals surface area contributed by atoms with E-state index in [0.29, 0.717) is 26.2 Å². The van der Waals surface area contributed by atoms with Crippen molar-refractivity contribution in [1.29, 1.82) is 0 Å². The molecule has 1 heterocycles. The highest BCUT2D eigenvalue weighted by molar-refractivity contribution is 6.31. The Morgan fingerprint density at radius 2 is 1.81 bits per heavy atom. The lowest BCUT2D eigenvalue weighted by atomic mass is 10.1. The Hall–Kier alpha value is -2.06. The number of hydrogen-bond acceptors (Lipinski definition) is 3. The van der Waals surface area contributed by atoms with Crippen molar-refractivity contribution in [2.75, 3.05) is 39.9 Å². The number of halogens is 4. The third-order valence-corrected chi connectivity index (χ3v) is 4.26. The summed E-state index contributed by atoms with van der Waals surface area (Å²) in [7, 11) is 1.43. The molecule has 142 valence electrons. The van der Waals surface area contributed by atoms with E-state index < -0.39 is 16.8 Å². The molecule has 2 rings (SSSR count). The van der Waals surface area contributed by atoms with Crippen molar-refractivity contribution >= 4 is 29.5 Å². The molecule has 1 fully saturated rings. The van der Waals surface area contributed by atoms with Crippen LogP contribution in [0.3, 0.4) is 0 Å². The van der Waals surface area contributed by atoms with Gasteiger partial charge in [-0.05, 0) is 23.8 Å². The molecular formula is C17H18ClF3N2O3. The molecule has 0 radical (unpaired) electrons. The molecule has 26 heavy (non-hydrogen) atoms. The zero-order valence-corrected chi connectivity index (χ0v) is 14.8. The van der Waals surface area contributed by atoms with Crippen molar-refractivity contribution in [3.63, 3.8) is 0 Å². The van der Waals surface area contributed by atoms with Gasteiger partial charge in [-0.25, -0.2) is 0 Å². The molecule has 5 nitrogen and oxygen atoms in total. The van der Waals surface area contributed by atoms with Gasteiger partial charge in [-0.1, -0.05) is 17.7 Å². The highest BCUT2D eigenvalue weighted by Crippen LogP contribution is 2.35. The predicted octanol–water partition coefficient (Wildman–Crippen LogP) is 2.69. The number of alkyl halides is 3. The Bertz CT molecular complexity index is 699. The summed E-state index contributed by atoms with van der Waals surface area (Å²) in [6.07, 6.45) is -2.03. The van der Waals surface area contributed by atoms with Crippen LogP contribution in [0.4, 0.5) is 13.2 Å². The third-order valence-electron chi connectivity index (χ3n) is 3.93. The first-order valence-corrected chi connectivity index (χ1v) is 8.20. The lowest BCUT2D eigenvalue weighted by Gasteiger charge is -2.34. The number of amides is 2. The van der Waals surface area contributed by atoms with Gasteiger partial charge in [0, 0.05) is 39.4 Å². The normalized spacial score (nSPS) is 15.6. The van der Waals surface area contributed by atoms with Crippen LogP contribution in [0.1, 0.15) is 11.1 Å². The number of benzene rings is 1. The minimum atomic E-state index is -4.56. The van der Waals surface area contributed by atoms with Crippen LogP contribution in [0.25, 0.3) is 6.08 Å². The fraction of sp³-hybridized carbons (Fsp3) is 0.412. The molecule has 0 aromatic heterocycles. The molecular weight excluding hydrogens is 373 g/mol. The van der Waals surface area contributed by atoms with Crippen molar-refractivity contribution in [1.82, 2.24) is 9.80 Å². The number of rotatable bonds is 4.